The summed E-state index contributed by atoms with van der Waals surface area (Å²) >= 11 is 0. The van der Waals surface area contributed by atoms with Crippen LogP contribution in [0, 0.1) is 11.3 Å². The highest BCUT2D eigenvalue weighted by Crippen LogP contribution is 2.29. The van der Waals surface area contributed by atoms with E-state index >= 15 is 0 Å². The Hall–Kier alpha value is -0.870. The molecule has 0 bridgehead atoms. The largest absolute Gasteiger partial charge is 0.396 e. The van der Waals surface area contributed by atoms with Crippen molar-refractivity contribution in [1.29, 1.82) is 0 Å². The Morgan fingerprint density at radius 3 is 2.83 bits per heavy atom. The smallest absolute Gasteiger partial charge is 0.220 e. The maximum atomic E-state index is 11.8. The summed E-state index contributed by atoms with van der Waals surface area (Å²) in [6.07, 6.45) is 8.69. The number of aliphatic hydroxyl groups is 1. The van der Waals surface area contributed by atoms with Crippen molar-refractivity contribution in [2.75, 3.05) is 26.4 Å². The minimum absolute atomic E-state index is 0.103. The van der Waals surface area contributed by atoms with E-state index in [4.69, 9.17) is 4.74 Å². The summed E-state index contributed by atoms with van der Waals surface area (Å²) in [7, 11) is 0. The Kier molecular flexibility index (Phi) is 4.78. The molecule has 102 valence electrons. The summed E-state index contributed by atoms with van der Waals surface area (Å²) < 4.78 is 5.31. The lowest BCUT2D eigenvalue weighted by atomic mass is 9.81. The lowest BCUT2D eigenvalue weighted by Crippen LogP contribution is -2.43. The average molecular weight is 253 g/mol. The van der Waals surface area contributed by atoms with Crippen molar-refractivity contribution in [3.63, 3.8) is 0 Å². The SMILES string of the molecule is O=C(C[C@@H]1C=CCC1)NCC1(CO)CCOCC1. The van der Waals surface area contributed by atoms with Crippen molar-refractivity contribution in [3.05, 3.63) is 12.2 Å². The molecule has 2 N–H and O–H groups in total. The van der Waals surface area contributed by atoms with Crippen molar-refractivity contribution >= 4 is 5.91 Å². The van der Waals surface area contributed by atoms with E-state index in [-0.39, 0.29) is 17.9 Å². The van der Waals surface area contributed by atoms with Crippen molar-refractivity contribution in [1.82, 2.24) is 5.32 Å². The quantitative estimate of drug-likeness (QED) is 0.725. The zero-order chi connectivity index (χ0) is 12.8. The predicted octanol–water partition coefficient (Wildman–Crippen LogP) is 1.25. The zero-order valence-corrected chi connectivity index (χ0v) is 10.9. The molecule has 1 fully saturated rings. The van der Waals surface area contributed by atoms with Crippen molar-refractivity contribution in [3.8, 4) is 0 Å². The standard InChI is InChI=1S/C14H23NO3/c16-11-14(5-7-18-8-6-14)10-15-13(17)9-12-3-1-2-4-12/h1,3,12,16H,2,4-11H2,(H,15,17)/t12-/m1/s1. The molecule has 0 aromatic rings. The van der Waals surface area contributed by atoms with Crippen molar-refractivity contribution in [2.24, 2.45) is 11.3 Å². The maximum Gasteiger partial charge on any atom is 0.220 e. The number of hydrogen-bond donors (Lipinski definition) is 2. The second-order valence-corrected chi connectivity index (χ2v) is 5.52. The Labute approximate surface area is 108 Å². The van der Waals surface area contributed by atoms with Gasteiger partial charge in [-0.25, -0.2) is 0 Å². The van der Waals surface area contributed by atoms with Crippen LogP contribution in [0.25, 0.3) is 0 Å². The first-order chi connectivity index (χ1) is 8.74. The third-order valence-corrected chi connectivity index (χ3v) is 4.11. The highest BCUT2D eigenvalue weighted by molar-refractivity contribution is 5.76. The van der Waals surface area contributed by atoms with Crippen LogP contribution in [-0.4, -0.2) is 37.4 Å². The van der Waals surface area contributed by atoms with Gasteiger partial charge >= 0.3 is 0 Å². The molecule has 4 nitrogen and oxygen atoms in total. The summed E-state index contributed by atoms with van der Waals surface area (Å²) in [6, 6.07) is 0. The van der Waals surface area contributed by atoms with E-state index in [0.29, 0.717) is 32.1 Å². The Balaban J connectivity index is 1.74. The molecule has 0 radical (unpaired) electrons. The average Bonchev–Trinajstić information content (AvgIpc) is 2.90. The van der Waals surface area contributed by atoms with Gasteiger partial charge in [0.2, 0.25) is 5.91 Å². The highest BCUT2D eigenvalue weighted by atomic mass is 16.5. The second-order valence-electron chi connectivity index (χ2n) is 5.52. The van der Waals surface area contributed by atoms with Crippen LogP contribution in [0.4, 0.5) is 0 Å². The van der Waals surface area contributed by atoms with Crippen LogP contribution in [-0.2, 0) is 9.53 Å². The molecule has 2 aliphatic rings. The zero-order valence-electron chi connectivity index (χ0n) is 10.9. The fourth-order valence-electron chi connectivity index (χ4n) is 2.66. The third kappa shape index (κ3) is 3.56. The number of nitrogens with one attached hydrogen (secondary N) is 1. The molecule has 1 aliphatic carbocycles. The Morgan fingerprint density at radius 2 is 2.22 bits per heavy atom. The first-order valence-electron chi connectivity index (χ1n) is 6.86. The van der Waals surface area contributed by atoms with Crippen molar-refractivity contribution in [2.45, 2.75) is 32.1 Å². The summed E-state index contributed by atoms with van der Waals surface area (Å²) in [5.41, 5.74) is -0.167. The number of allylic oxidation sites excluding steroid dienone is 2. The lowest BCUT2D eigenvalue weighted by molar-refractivity contribution is -0.123. The number of aliphatic hydroxyl groups excluding tert-OH is 1. The molecule has 0 aromatic heterocycles. The third-order valence-electron chi connectivity index (χ3n) is 4.11. The van der Waals surface area contributed by atoms with E-state index < -0.39 is 0 Å². The summed E-state index contributed by atoms with van der Waals surface area (Å²) in [5.74, 6) is 0.510. The Morgan fingerprint density at radius 1 is 1.44 bits per heavy atom. The van der Waals surface area contributed by atoms with Gasteiger partial charge in [0.15, 0.2) is 0 Å². The number of carbonyl (C=O) groups excluding carboxylic acids is 1. The molecule has 1 atom stereocenters. The van der Waals surface area contributed by atoms with Gasteiger partial charge < -0.3 is 15.2 Å². The topological polar surface area (TPSA) is 58.6 Å². The minimum Gasteiger partial charge on any atom is -0.396 e. The first kappa shape index (κ1) is 13.6. The fraction of sp³-hybridized carbons (Fsp3) is 0.786. The molecule has 0 saturated carbocycles. The van der Waals surface area contributed by atoms with Crippen LogP contribution in [0.5, 0.6) is 0 Å². The molecular formula is C14H23NO3. The number of hydrogen-bond acceptors (Lipinski definition) is 3. The number of ether oxygens (including phenoxy) is 1. The van der Waals surface area contributed by atoms with Gasteiger partial charge in [0, 0.05) is 31.6 Å². The predicted molar refractivity (Wildman–Crippen MR) is 69.1 cm³/mol. The molecule has 1 heterocycles. The van der Waals surface area contributed by atoms with Gasteiger partial charge in [0.25, 0.3) is 0 Å². The molecule has 1 saturated heterocycles. The molecule has 0 spiro atoms. The molecular weight excluding hydrogens is 230 g/mol. The van der Waals surface area contributed by atoms with E-state index in [0.717, 1.165) is 25.7 Å². The van der Waals surface area contributed by atoms with Crippen LogP contribution < -0.4 is 5.32 Å². The van der Waals surface area contributed by atoms with E-state index in [9.17, 15) is 9.90 Å². The fourth-order valence-corrected chi connectivity index (χ4v) is 2.66. The lowest BCUT2D eigenvalue weighted by Gasteiger charge is -2.35. The minimum atomic E-state index is -0.167. The molecule has 0 aromatic carbocycles. The molecule has 1 amide bonds. The van der Waals surface area contributed by atoms with Crippen LogP contribution in [0.15, 0.2) is 12.2 Å². The monoisotopic (exact) mass is 253 g/mol. The van der Waals surface area contributed by atoms with Crippen LogP contribution in [0.1, 0.15) is 32.1 Å². The van der Waals surface area contributed by atoms with Crippen molar-refractivity contribution < 1.29 is 14.6 Å². The molecule has 1 aliphatic heterocycles. The van der Waals surface area contributed by atoms with Crippen LogP contribution in [0.2, 0.25) is 0 Å². The summed E-state index contributed by atoms with van der Waals surface area (Å²) in [5, 5.41) is 12.5. The van der Waals surface area contributed by atoms with E-state index in [1.54, 1.807) is 0 Å². The number of carbonyl (C=O) groups is 1. The molecule has 4 heteroatoms. The van der Waals surface area contributed by atoms with Gasteiger partial charge in [0.05, 0.1) is 6.61 Å². The van der Waals surface area contributed by atoms with Gasteiger partial charge in [-0.05, 0) is 31.6 Å². The maximum absolute atomic E-state index is 11.8. The molecule has 0 unspecified atom stereocenters. The van der Waals surface area contributed by atoms with Gasteiger partial charge in [-0.15, -0.1) is 0 Å². The second kappa shape index (κ2) is 6.34. The van der Waals surface area contributed by atoms with Gasteiger partial charge in [0.1, 0.15) is 0 Å². The van der Waals surface area contributed by atoms with E-state index in [1.165, 1.54) is 0 Å². The van der Waals surface area contributed by atoms with E-state index in [1.807, 2.05) is 0 Å². The normalized spacial score (nSPS) is 26.2. The number of rotatable bonds is 5. The molecule has 18 heavy (non-hydrogen) atoms. The summed E-state index contributed by atoms with van der Waals surface area (Å²) in [6.45, 7) is 2.06. The van der Waals surface area contributed by atoms with Crippen LogP contribution in [0.3, 0.4) is 0 Å². The first-order valence-corrected chi connectivity index (χ1v) is 6.86. The Bertz CT molecular complexity index is 308. The van der Waals surface area contributed by atoms with Gasteiger partial charge in [-0.3, -0.25) is 4.79 Å². The van der Waals surface area contributed by atoms with Gasteiger partial charge in [-0.1, -0.05) is 12.2 Å². The van der Waals surface area contributed by atoms with E-state index in [2.05, 4.69) is 17.5 Å². The highest BCUT2D eigenvalue weighted by Gasteiger charge is 2.32. The molecule has 2 rings (SSSR count). The summed E-state index contributed by atoms with van der Waals surface area (Å²) in [4.78, 5) is 11.8. The van der Waals surface area contributed by atoms with Crippen LogP contribution >= 0.6 is 0 Å². The van der Waals surface area contributed by atoms with Gasteiger partial charge in [-0.2, -0.15) is 0 Å². The number of amides is 1.